The highest BCUT2D eigenvalue weighted by Gasteiger charge is 2.51. The second-order valence-electron chi connectivity index (χ2n) is 5.73. The maximum atomic E-state index is 12.7. The summed E-state index contributed by atoms with van der Waals surface area (Å²) in [5, 5.41) is 2.98. The van der Waals surface area contributed by atoms with Crippen molar-refractivity contribution in [1.82, 2.24) is 0 Å². The Morgan fingerprint density at radius 1 is 1.04 bits per heavy atom. The number of benzene rings is 2. The number of ether oxygens (including phenoxy) is 2. The molecule has 0 saturated heterocycles. The van der Waals surface area contributed by atoms with E-state index in [1.807, 2.05) is 24.3 Å². The molecule has 2 aromatic carbocycles. The first kappa shape index (κ1) is 15.2. The van der Waals surface area contributed by atoms with Crippen LogP contribution in [0, 0.1) is 0 Å². The normalized spacial score (nSPS) is 14.9. The van der Waals surface area contributed by atoms with Gasteiger partial charge in [-0.25, -0.2) is 0 Å². The minimum Gasteiger partial charge on any atom is -0.493 e. The Kier molecular flexibility index (Phi) is 3.86. The van der Waals surface area contributed by atoms with Crippen LogP contribution in [0.5, 0.6) is 11.5 Å². The third-order valence-electron chi connectivity index (χ3n) is 4.29. The molecule has 1 fully saturated rings. The zero-order valence-corrected chi connectivity index (χ0v) is 13.3. The van der Waals surface area contributed by atoms with Gasteiger partial charge >= 0.3 is 0 Å². The highest BCUT2D eigenvalue weighted by Crippen LogP contribution is 2.49. The van der Waals surface area contributed by atoms with Crippen molar-refractivity contribution in [2.24, 2.45) is 0 Å². The van der Waals surface area contributed by atoms with Gasteiger partial charge in [-0.3, -0.25) is 4.79 Å². The van der Waals surface area contributed by atoms with Gasteiger partial charge in [-0.15, -0.1) is 0 Å². The number of nitrogen functional groups attached to an aromatic ring is 1. The monoisotopic (exact) mass is 312 g/mol. The Morgan fingerprint density at radius 2 is 1.70 bits per heavy atom. The second-order valence-corrected chi connectivity index (χ2v) is 5.73. The first-order valence-electron chi connectivity index (χ1n) is 7.48. The van der Waals surface area contributed by atoms with Gasteiger partial charge < -0.3 is 20.5 Å². The Hall–Kier alpha value is -2.69. The number of methoxy groups -OCH3 is 2. The summed E-state index contributed by atoms with van der Waals surface area (Å²) in [5.41, 5.74) is 7.67. The fraction of sp³-hybridized carbons (Fsp3) is 0.278. The van der Waals surface area contributed by atoms with Crippen LogP contribution in [0.1, 0.15) is 18.4 Å². The van der Waals surface area contributed by atoms with Gasteiger partial charge in [-0.1, -0.05) is 12.1 Å². The predicted octanol–water partition coefficient (Wildman–Crippen LogP) is 2.96. The van der Waals surface area contributed by atoms with E-state index in [-0.39, 0.29) is 5.91 Å². The standard InChI is InChI=1S/C18H20N2O3/c1-22-15-8-7-14(11-16(15)23-2)20-17(21)18(9-10-18)12-3-5-13(19)6-4-12/h3-8,11H,9-10,19H2,1-2H3,(H,20,21). The molecule has 3 N–H and O–H groups in total. The molecule has 0 atom stereocenters. The molecule has 3 rings (SSSR count). The van der Waals surface area contributed by atoms with Crippen molar-refractivity contribution < 1.29 is 14.3 Å². The van der Waals surface area contributed by atoms with Crippen LogP contribution in [-0.4, -0.2) is 20.1 Å². The molecular formula is C18H20N2O3. The number of carbonyl (C=O) groups is 1. The summed E-state index contributed by atoms with van der Waals surface area (Å²) in [4.78, 5) is 12.7. The van der Waals surface area contributed by atoms with Gasteiger partial charge in [0.2, 0.25) is 5.91 Å². The molecule has 1 amide bonds. The zero-order chi connectivity index (χ0) is 16.4. The van der Waals surface area contributed by atoms with Gasteiger partial charge in [-0.05, 0) is 42.7 Å². The van der Waals surface area contributed by atoms with E-state index in [4.69, 9.17) is 15.2 Å². The molecule has 1 saturated carbocycles. The van der Waals surface area contributed by atoms with Crippen molar-refractivity contribution >= 4 is 17.3 Å². The summed E-state index contributed by atoms with van der Waals surface area (Å²) in [6.07, 6.45) is 1.69. The van der Waals surface area contributed by atoms with E-state index in [1.165, 1.54) is 0 Å². The molecule has 0 radical (unpaired) electrons. The molecule has 0 aromatic heterocycles. The average molecular weight is 312 g/mol. The van der Waals surface area contributed by atoms with Gasteiger partial charge in [0, 0.05) is 17.4 Å². The third kappa shape index (κ3) is 2.82. The molecule has 0 unspecified atom stereocenters. The number of hydrogen-bond donors (Lipinski definition) is 2. The molecule has 1 aliphatic carbocycles. The minimum atomic E-state index is -0.444. The largest absolute Gasteiger partial charge is 0.493 e. The van der Waals surface area contributed by atoms with Crippen LogP contribution in [-0.2, 0) is 10.2 Å². The lowest BCUT2D eigenvalue weighted by molar-refractivity contribution is -0.118. The summed E-state index contributed by atoms with van der Waals surface area (Å²) in [6, 6.07) is 12.9. The molecule has 0 spiro atoms. The number of amides is 1. The molecule has 0 heterocycles. The van der Waals surface area contributed by atoms with E-state index in [2.05, 4.69) is 5.32 Å². The SMILES string of the molecule is COc1ccc(NC(=O)C2(c3ccc(N)cc3)CC2)cc1OC. The van der Waals surface area contributed by atoms with Gasteiger partial charge in [0.25, 0.3) is 0 Å². The summed E-state index contributed by atoms with van der Waals surface area (Å²) >= 11 is 0. The molecule has 5 heteroatoms. The second kappa shape index (κ2) is 5.83. The highest BCUT2D eigenvalue weighted by atomic mass is 16.5. The van der Waals surface area contributed by atoms with E-state index in [9.17, 15) is 4.79 Å². The van der Waals surface area contributed by atoms with Gasteiger partial charge in [0.15, 0.2) is 11.5 Å². The molecule has 23 heavy (non-hydrogen) atoms. The third-order valence-corrected chi connectivity index (χ3v) is 4.29. The highest BCUT2D eigenvalue weighted by molar-refractivity contribution is 6.01. The predicted molar refractivity (Wildman–Crippen MR) is 89.9 cm³/mol. The maximum absolute atomic E-state index is 12.7. The maximum Gasteiger partial charge on any atom is 0.235 e. The van der Waals surface area contributed by atoms with E-state index in [0.717, 1.165) is 18.4 Å². The first-order chi connectivity index (χ1) is 11.1. The molecule has 0 bridgehead atoms. The summed E-state index contributed by atoms with van der Waals surface area (Å²) in [5.74, 6) is 1.21. The molecule has 0 aliphatic heterocycles. The Morgan fingerprint density at radius 3 is 2.26 bits per heavy atom. The van der Waals surface area contributed by atoms with Crippen molar-refractivity contribution in [3.8, 4) is 11.5 Å². The lowest BCUT2D eigenvalue weighted by Gasteiger charge is -2.17. The lowest BCUT2D eigenvalue weighted by Crippen LogP contribution is -2.27. The fourth-order valence-corrected chi connectivity index (χ4v) is 2.74. The topological polar surface area (TPSA) is 73.6 Å². The van der Waals surface area contributed by atoms with Crippen molar-refractivity contribution in [1.29, 1.82) is 0 Å². The van der Waals surface area contributed by atoms with Gasteiger partial charge in [0.1, 0.15) is 0 Å². The van der Waals surface area contributed by atoms with Crippen LogP contribution in [0.25, 0.3) is 0 Å². The number of carbonyl (C=O) groups excluding carboxylic acids is 1. The zero-order valence-electron chi connectivity index (χ0n) is 13.3. The molecular weight excluding hydrogens is 292 g/mol. The van der Waals surface area contributed by atoms with E-state index in [1.54, 1.807) is 32.4 Å². The Balaban J connectivity index is 1.80. The Labute approximate surface area is 135 Å². The van der Waals surface area contributed by atoms with Crippen LogP contribution in [0.3, 0.4) is 0 Å². The smallest absolute Gasteiger partial charge is 0.235 e. The van der Waals surface area contributed by atoms with E-state index >= 15 is 0 Å². The number of rotatable bonds is 5. The average Bonchev–Trinajstić information content (AvgIpc) is 3.37. The van der Waals surface area contributed by atoms with Crippen LogP contribution in [0.2, 0.25) is 0 Å². The molecule has 1 aliphatic rings. The van der Waals surface area contributed by atoms with E-state index in [0.29, 0.717) is 22.9 Å². The molecule has 5 nitrogen and oxygen atoms in total. The van der Waals surface area contributed by atoms with Gasteiger partial charge in [-0.2, -0.15) is 0 Å². The number of nitrogens with two attached hydrogens (primary N) is 1. The molecule has 120 valence electrons. The Bertz CT molecular complexity index is 722. The van der Waals surface area contributed by atoms with Crippen LogP contribution in [0.15, 0.2) is 42.5 Å². The quantitative estimate of drug-likeness (QED) is 0.833. The first-order valence-corrected chi connectivity index (χ1v) is 7.48. The summed E-state index contributed by atoms with van der Waals surface area (Å²) in [6.45, 7) is 0. The van der Waals surface area contributed by atoms with Gasteiger partial charge in [0.05, 0.1) is 19.6 Å². The number of hydrogen-bond acceptors (Lipinski definition) is 4. The number of nitrogens with one attached hydrogen (secondary N) is 1. The van der Waals surface area contributed by atoms with Crippen LogP contribution < -0.4 is 20.5 Å². The van der Waals surface area contributed by atoms with Crippen molar-refractivity contribution in [2.45, 2.75) is 18.3 Å². The molecule has 2 aromatic rings. The lowest BCUT2D eigenvalue weighted by atomic mass is 9.94. The summed E-state index contributed by atoms with van der Waals surface area (Å²) < 4.78 is 10.5. The fourth-order valence-electron chi connectivity index (χ4n) is 2.74. The van der Waals surface area contributed by atoms with Crippen LogP contribution in [0.4, 0.5) is 11.4 Å². The van der Waals surface area contributed by atoms with Crippen molar-refractivity contribution in [3.63, 3.8) is 0 Å². The van der Waals surface area contributed by atoms with Crippen molar-refractivity contribution in [3.05, 3.63) is 48.0 Å². The van der Waals surface area contributed by atoms with E-state index < -0.39 is 5.41 Å². The number of anilines is 2. The van der Waals surface area contributed by atoms with Crippen LogP contribution >= 0.6 is 0 Å². The van der Waals surface area contributed by atoms with Crippen molar-refractivity contribution in [2.75, 3.05) is 25.3 Å². The summed E-state index contributed by atoms with van der Waals surface area (Å²) in [7, 11) is 3.15. The minimum absolute atomic E-state index is 0.00510.